The summed E-state index contributed by atoms with van der Waals surface area (Å²) in [6.07, 6.45) is 4.76. The third-order valence-corrected chi connectivity index (χ3v) is 3.96. The first-order valence-electron chi connectivity index (χ1n) is 7.26. The van der Waals surface area contributed by atoms with Crippen molar-refractivity contribution in [2.24, 2.45) is 5.92 Å². The molecule has 5 heteroatoms. The zero-order valence-electron chi connectivity index (χ0n) is 12.2. The van der Waals surface area contributed by atoms with E-state index in [1.807, 2.05) is 12.3 Å². The van der Waals surface area contributed by atoms with Crippen molar-refractivity contribution in [2.45, 2.75) is 13.0 Å². The van der Waals surface area contributed by atoms with Gasteiger partial charge in [-0.15, -0.1) is 0 Å². The van der Waals surface area contributed by atoms with E-state index >= 15 is 0 Å². The van der Waals surface area contributed by atoms with Crippen LogP contribution in [0.5, 0.6) is 0 Å². The SMILES string of the molecule is COCC1CCN(Cc2cc(F)ccc2-n2cccn2)C1. The predicted octanol–water partition coefficient (Wildman–Crippen LogP) is 2.48. The molecule has 2 heterocycles. The molecule has 1 fully saturated rings. The van der Waals surface area contributed by atoms with E-state index in [2.05, 4.69) is 10.00 Å². The standard InChI is InChI=1S/C16H20FN3O/c1-21-12-13-5-8-19(10-13)11-14-9-15(17)3-4-16(14)20-7-2-6-18-20/h2-4,6-7,9,13H,5,8,10-12H2,1H3. The molecule has 112 valence electrons. The molecule has 1 unspecified atom stereocenters. The quantitative estimate of drug-likeness (QED) is 0.847. The van der Waals surface area contributed by atoms with Crippen molar-refractivity contribution in [3.05, 3.63) is 48.0 Å². The van der Waals surface area contributed by atoms with Gasteiger partial charge in [-0.2, -0.15) is 5.10 Å². The lowest BCUT2D eigenvalue weighted by atomic mass is 10.1. The molecule has 4 nitrogen and oxygen atoms in total. The number of ether oxygens (including phenoxy) is 1. The molecule has 1 atom stereocenters. The van der Waals surface area contributed by atoms with Crippen molar-refractivity contribution < 1.29 is 9.13 Å². The molecule has 1 aliphatic heterocycles. The molecule has 1 aromatic carbocycles. The maximum absolute atomic E-state index is 13.6. The minimum atomic E-state index is -0.200. The fraction of sp³-hybridized carbons (Fsp3) is 0.438. The van der Waals surface area contributed by atoms with E-state index in [1.54, 1.807) is 30.1 Å². The Kier molecular flexibility index (Phi) is 4.31. The Morgan fingerprint density at radius 2 is 2.33 bits per heavy atom. The van der Waals surface area contributed by atoms with Gasteiger partial charge in [-0.05, 0) is 48.7 Å². The Morgan fingerprint density at radius 3 is 3.10 bits per heavy atom. The van der Waals surface area contributed by atoms with Gasteiger partial charge in [-0.25, -0.2) is 9.07 Å². The van der Waals surface area contributed by atoms with Crippen molar-refractivity contribution in [1.29, 1.82) is 0 Å². The largest absolute Gasteiger partial charge is 0.384 e. The van der Waals surface area contributed by atoms with Crippen molar-refractivity contribution >= 4 is 0 Å². The molecule has 1 saturated heterocycles. The Labute approximate surface area is 124 Å². The monoisotopic (exact) mass is 289 g/mol. The van der Waals surface area contributed by atoms with Gasteiger partial charge in [0.25, 0.3) is 0 Å². The summed E-state index contributed by atoms with van der Waals surface area (Å²) in [6.45, 7) is 3.57. The molecule has 0 radical (unpaired) electrons. The number of aromatic nitrogens is 2. The van der Waals surface area contributed by atoms with Crippen LogP contribution < -0.4 is 0 Å². The lowest BCUT2D eigenvalue weighted by Crippen LogP contribution is -2.22. The molecule has 0 spiro atoms. The van der Waals surface area contributed by atoms with E-state index < -0.39 is 0 Å². The summed E-state index contributed by atoms with van der Waals surface area (Å²) >= 11 is 0. The zero-order chi connectivity index (χ0) is 14.7. The highest BCUT2D eigenvalue weighted by molar-refractivity contribution is 5.40. The van der Waals surface area contributed by atoms with Crippen molar-refractivity contribution in [2.75, 3.05) is 26.8 Å². The van der Waals surface area contributed by atoms with Crippen LogP contribution in [0.25, 0.3) is 5.69 Å². The fourth-order valence-corrected chi connectivity index (χ4v) is 2.98. The molecule has 0 bridgehead atoms. The lowest BCUT2D eigenvalue weighted by Gasteiger charge is -2.18. The maximum Gasteiger partial charge on any atom is 0.123 e. The fourth-order valence-electron chi connectivity index (χ4n) is 2.98. The van der Waals surface area contributed by atoms with Crippen LogP contribution in [0.2, 0.25) is 0 Å². The van der Waals surface area contributed by atoms with Crippen LogP contribution in [0.4, 0.5) is 4.39 Å². The number of nitrogens with zero attached hydrogens (tertiary/aromatic N) is 3. The number of rotatable bonds is 5. The van der Waals surface area contributed by atoms with Crippen molar-refractivity contribution in [1.82, 2.24) is 14.7 Å². The van der Waals surface area contributed by atoms with Gasteiger partial charge in [0.15, 0.2) is 0 Å². The first-order chi connectivity index (χ1) is 10.3. The Morgan fingerprint density at radius 1 is 1.43 bits per heavy atom. The summed E-state index contributed by atoms with van der Waals surface area (Å²) in [4.78, 5) is 2.35. The molecule has 21 heavy (non-hydrogen) atoms. The molecule has 1 aromatic heterocycles. The van der Waals surface area contributed by atoms with Gasteiger partial charge in [0.2, 0.25) is 0 Å². The topological polar surface area (TPSA) is 30.3 Å². The second-order valence-electron chi connectivity index (χ2n) is 5.57. The van der Waals surface area contributed by atoms with Crippen LogP contribution in [0.3, 0.4) is 0 Å². The zero-order valence-corrected chi connectivity index (χ0v) is 12.2. The third-order valence-electron chi connectivity index (χ3n) is 3.96. The van der Waals surface area contributed by atoms with Crippen LogP contribution in [-0.2, 0) is 11.3 Å². The van der Waals surface area contributed by atoms with Gasteiger partial charge < -0.3 is 4.74 Å². The summed E-state index contributed by atoms with van der Waals surface area (Å²) in [5.74, 6) is 0.380. The van der Waals surface area contributed by atoms with E-state index in [0.29, 0.717) is 5.92 Å². The number of methoxy groups -OCH3 is 1. The third kappa shape index (κ3) is 3.31. The second-order valence-corrected chi connectivity index (χ2v) is 5.57. The average molecular weight is 289 g/mol. The molecule has 3 rings (SSSR count). The smallest absolute Gasteiger partial charge is 0.123 e. The van der Waals surface area contributed by atoms with E-state index in [-0.39, 0.29) is 5.82 Å². The molecule has 0 amide bonds. The van der Waals surface area contributed by atoms with Crippen LogP contribution in [0.1, 0.15) is 12.0 Å². The van der Waals surface area contributed by atoms with E-state index in [4.69, 9.17) is 4.74 Å². The van der Waals surface area contributed by atoms with Crippen LogP contribution in [-0.4, -0.2) is 41.5 Å². The minimum absolute atomic E-state index is 0.200. The minimum Gasteiger partial charge on any atom is -0.384 e. The van der Waals surface area contributed by atoms with Gasteiger partial charge in [0.1, 0.15) is 5.82 Å². The van der Waals surface area contributed by atoms with Gasteiger partial charge in [0, 0.05) is 32.6 Å². The maximum atomic E-state index is 13.6. The predicted molar refractivity (Wildman–Crippen MR) is 78.8 cm³/mol. The summed E-state index contributed by atoms with van der Waals surface area (Å²) in [5.41, 5.74) is 1.91. The molecular weight excluding hydrogens is 269 g/mol. The van der Waals surface area contributed by atoms with E-state index in [9.17, 15) is 4.39 Å². The van der Waals surface area contributed by atoms with Gasteiger partial charge in [-0.1, -0.05) is 0 Å². The average Bonchev–Trinajstić information content (AvgIpc) is 3.11. The van der Waals surface area contributed by atoms with Crippen LogP contribution in [0.15, 0.2) is 36.7 Å². The highest BCUT2D eigenvalue weighted by Crippen LogP contribution is 2.22. The lowest BCUT2D eigenvalue weighted by molar-refractivity contribution is 0.152. The second kappa shape index (κ2) is 6.37. The number of likely N-dealkylation sites (tertiary alicyclic amines) is 1. The van der Waals surface area contributed by atoms with Gasteiger partial charge in [-0.3, -0.25) is 4.90 Å². The number of halogens is 1. The number of hydrogen-bond acceptors (Lipinski definition) is 3. The Hall–Kier alpha value is -1.72. The molecule has 2 aromatic rings. The summed E-state index contributed by atoms with van der Waals surface area (Å²) in [7, 11) is 1.74. The molecular formula is C16H20FN3O. The molecule has 0 saturated carbocycles. The van der Waals surface area contributed by atoms with Crippen LogP contribution >= 0.6 is 0 Å². The Bertz CT molecular complexity index is 585. The van der Waals surface area contributed by atoms with Crippen LogP contribution in [0, 0.1) is 11.7 Å². The Balaban J connectivity index is 1.77. The van der Waals surface area contributed by atoms with E-state index in [1.165, 1.54) is 6.07 Å². The summed E-state index contributed by atoms with van der Waals surface area (Å²) < 4.78 is 20.6. The van der Waals surface area contributed by atoms with E-state index in [0.717, 1.165) is 43.9 Å². The molecule has 0 aliphatic carbocycles. The first-order valence-corrected chi connectivity index (χ1v) is 7.26. The van der Waals surface area contributed by atoms with Gasteiger partial charge in [0.05, 0.1) is 12.3 Å². The normalized spacial score (nSPS) is 19.2. The van der Waals surface area contributed by atoms with Crippen molar-refractivity contribution in [3.63, 3.8) is 0 Å². The molecule has 0 N–H and O–H groups in total. The number of hydrogen-bond donors (Lipinski definition) is 0. The highest BCUT2D eigenvalue weighted by Gasteiger charge is 2.23. The van der Waals surface area contributed by atoms with Gasteiger partial charge >= 0.3 is 0 Å². The highest BCUT2D eigenvalue weighted by atomic mass is 19.1. The summed E-state index contributed by atoms with van der Waals surface area (Å²) in [6, 6.07) is 6.76. The summed E-state index contributed by atoms with van der Waals surface area (Å²) in [5, 5.41) is 4.25. The number of benzene rings is 1. The molecule has 1 aliphatic rings. The first kappa shape index (κ1) is 14.2. The van der Waals surface area contributed by atoms with Crippen molar-refractivity contribution in [3.8, 4) is 5.69 Å².